The summed E-state index contributed by atoms with van der Waals surface area (Å²) < 4.78 is 5.71. The molecule has 4 heteroatoms. The highest BCUT2D eigenvalue weighted by atomic mass is 16.5. The number of rotatable bonds is 7. The van der Waals surface area contributed by atoms with Gasteiger partial charge < -0.3 is 10.1 Å². The second kappa shape index (κ2) is 6.14. The molecular weight excluding hydrogens is 226 g/mol. The zero-order valence-electron chi connectivity index (χ0n) is 11.6. The Morgan fingerprint density at radius 2 is 2.22 bits per heavy atom. The summed E-state index contributed by atoms with van der Waals surface area (Å²) in [5, 5.41) is 3.49. The molecule has 0 aliphatic heterocycles. The van der Waals surface area contributed by atoms with Gasteiger partial charge in [0.15, 0.2) is 5.75 Å². The molecule has 1 fully saturated rings. The quantitative estimate of drug-likeness (QED) is 0.807. The van der Waals surface area contributed by atoms with Gasteiger partial charge in [0.2, 0.25) is 0 Å². The van der Waals surface area contributed by atoms with Crippen molar-refractivity contribution >= 4 is 0 Å². The van der Waals surface area contributed by atoms with Gasteiger partial charge in [-0.2, -0.15) is 0 Å². The van der Waals surface area contributed by atoms with E-state index in [4.69, 9.17) is 4.74 Å². The Kier molecular flexibility index (Phi) is 4.53. The first kappa shape index (κ1) is 13.3. The van der Waals surface area contributed by atoms with E-state index < -0.39 is 0 Å². The standard InChI is InChI=1S/C14H23N3O/c1-4-7-18-13-9-16-14(10(2)3)17-12(13)8-15-11-5-6-11/h9-11,15H,4-8H2,1-3H3. The molecule has 2 rings (SSSR count). The highest BCUT2D eigenvalue weighted by Crippen LogP contribution is 2.22. The van der Waals surface area contributed by atoms with Gasteiger partial charge in [0, 0.05) is 18.5 Å². The zero-order valence-corrected chi connectivity index (χ0v) is 11.6. The van der Waals surface area contributed by atoms with Crippen LogP contribution in [0, 0.1) is 0 Å². The maximum atomic E-state index is 5.71. The summed E-state index contributed by atoms with van der Waals surface area (Å²) in [5.74, 6) is 2.07. The molecule has 0 bridgehead atoms. The van der Waals surface area contributed by atoms with Crippen molar-refractivity contribution < 1.29 is 4.74 Å². The van der Waals surface area contributed by atoms with Gasteiger partial charge >= 0.3 is 0 Å². The maximum Gasteiger partial charge on any atom is 0.160 e. The van der Waals surface area contributed by atoms with Crippen LogP contribution in [-0.4, -0.2) is 22.6 Å². The second-order valence-corrected chi connectivity index (χ2v) is 5.20. The lowest BCUT2D eigenvalue weighted by Gasteiger charge is -2.13. The highest BCUT2D eigenvalue weighted by Gasteiger charge is 2.21. The largest absolute Gasteiger partial charge is 0.490 e. The molecule has 0 radical (unpaired) electrons. The summed E-state index contributed by atoms with van der Waals surface area (Å²) in [6, 6.07) is 0.682. The van der Waals surface area contributed by atoms with E-state index in [9.17, 15) is 0 Å². The summed E-state index contributed by atoms with van der Waals surface area (Å²) in [6.45, 7) is 7.83. The molecule has 0 atom stereocenters. The van der Waals surface area contributed by atoms with E-state index in [0.29, 0.717) is 12.0 Å². The maximum absolute atomic E-state index is 5.71. The Bertz CT molecular complexity index is 389. The lowest BCUT2D eigenvalue weighted by molar-refractivity contribution is 0.309. The van der Waals surface area contributed by atoms with Gasteiger partial charge in [-0.05, 0) is 19.3 Å². The Morgan fingerprint density at radius 1 is 1.44 bits per heavy atom. The van der Waals surface area contributed by atoms with Gasteiger partial charge in [-0.1, -0.05) is 20.8 Å². The average Bonchev–Trinajstić information content (AvgIpc) is 3.18. The van der Waals surface area contributed by atoms with Crippen molar-refractivity contribution in [2.75, 3.05) is 6.61 Å². The fourth-order valence-electron chi connectivity index (χ4n) is 1.69. The summed E-state index contributed by atoms with van der Waals surface area (Å²) in [5.41, 5.74) is 0.994. The Morgan fingerprint density at radius 3 is 2.83 bits per heavy atom. The Hall–Kier alpha value is -1.16. The van der Waals surface area contributed by atoms with Crippen LogP contribution < -0.4 is 10.1 Å². The first-order valence-corrected chi connectivity index (χ1v) is 6.92. The molecule has 1 aliphatic rings. The molecule has 0 aromatic carbocycles. The minimum Gasteiger partial charge on any atom is -0.490 e. The van der Waals surface area contributed by atoms with Crippen LogP contribution >= 0.6 is 0 Å². The van der Waals surface area contributed by atoms with Gasteiger partial charge in [0.05, 0.1) is 18.5 Å². The molecular formula is C14H23N3O. The van der Waals surface area contributed by atoms with E-state index >= 15 is 0 Å². The minimum absolute atomic E-state index is 0.352. The number of nitrogens with zero attached hydrogens (tertiary/aromatic N) is 2. The third-order valence-corrected chi connectivity index (χ3v) is 2.96. The topological polar surface area (TPSA) is 47.0 Å². The molecule has 1 aliphatic carbocycles. The fourth-order valence-corrected chi connectivity index (χ4v) is 1.69. The summed E-state index contributed by atoms with van der Waals surface area (Å²) in [6.07, 6.45) is 5.39. The number of hydrogen-bond acceptors (Lipinski definition) is 4. The van der Waals surface area contributed by atoms with Crippen LogP contribution in [0.1, 0.15) is 57.5 Å². The number of nitrogens with one attached hydrogen (secondary N) is 1. The SMILES string of the molecule is CCCOc1cnc(C(C)C)nc1CNC1CC1. The Labute approximate surface area is 109 Å². The molecule has 4 nitrogen and oxygen atoms in total. The molecule has 0 spiro atoms. The van der Waals surface area contributed by atoms with Gasteiger partial charge in [-0.3, -0.25) is 0 Å². The lowest BCUT2D eigenvalue weighted by Crippen LogP contribution is -2.18. The van der Waals surface area contributed by atoms with E-state index in [2.05, 4.69) is 36.1 Å². The van der Waals surface area contributed by atoms with Gasteiger partial charge in [0.1, 0.15) is 5.82 Å². The van der Waals surface area contributed by atoms with Crippen molar-refractivity contribution in [3.8, 4) is 5.75 Å². The van der Waals surface area contributed by atoms with Crippen molar-refractivity contribution in [1.29, 1.82) is 0 Å². The zero-order chi connectivity index (χ0) is 13.0. The van der Waals surface area contributed by atoms with E-state index in [-0.39, 0.29) is 0 Å². The number of hydrogen-bond donors (Lipinski definition) is 1. The number of ether oxygens (including phenoxy) is 1. The van der Waals surface area contributed by atoms with E-state index in [1.165, 1.54) is 12.8 Å². The molecule has 0 saturated heterocycles. The smallest absolute Gasteiger partial charge is 0.160 e. The van der Waals surface area contributed by atoms with Crippen molar-refractivity contribution in [2.45, 2.75) is 58.5 Å². The molecule has 0 amide bonds. The first-order chi connectivity index (χ1) is 8.70. The second-order valence-electron chi connectivity index (χ2n) is 5.20. The third-order valence-electron chi connectivity index (χ3n) is 2.96. The molecule has 1 N–H and O–H groups in total. The van der Waals surface area contributed by atoms with Gasteiger partial charge in [0.25, 0.3) is 0 Å². The first-order valence-electron chi connectivity index (χ1n) is 6.92. The minimum atomic E-state index is 0.352. The molecule has 1 aromatic rings. The summed E-state index contributed by atoms with van der Waals surface area (Å²) >= 11 is 0. The van der Waals surface area contributed by atoms with Crippen LogP contribution in [0.4, 0.5) is 0 Å². The van der Waals surface area contributed by atoms with Gasteiger partial charge in [-0.15, -0.1) is 0 Å². The fraction of sp³-hybridized carbons (Fsp3) is 0.714. The van der Waals surface area contributed by atoms with E-state index in [1.807, 2.05) is 6.20 Å². The van der Waals surface area contributed by atoms with E-state index in [0.717, 1.165) is 36.8 Å². The molecule has 18 heavy (non-hydrogen) atoms. The van der Waals surface area contributed by atoms with Crippen LogP contribution in [0.3, 0.4) is 0 Å². The van der Waals surface area contributed by atoms with Crippen LogP contribution in [0.2, 0.25) is 0 Å². The average molecular weight is 249 g/mol. The highest BCUT2D eigenvalue weighted by molar-refractivity contribution is 5.25. The van der Waals surface area contributed by atoms with E-state index in [1.54, 1.807) is 0 Å². The Balaban J connectivity index is 2.09. The summed E-state index contributed by atoms with van der Waals surface area (Å²) in [7, 11) is 0. The third kappa shape index (κ3) is 3.67. The van der Waals surface area contributed by atoms with Crippen LogP contribution in [0.15, 0.2) is 6.20 Å². The van der Waals surface area contributed by atoms with Gasteiger partial charge in [-0.25, -0.2) is 9.97 Å². The lowest BCUT2D eigenvalue weighted by atomic mass is 10.2. The predicted octanol–water partition coefficient (Wildman–Crippen LogP) is 2.64. The molecule has 1 aromatic heterocycles. The van der Waals surface area contributed by atoms with Crippen molar-refractivity contribution in [2.24, 2.45) is 0 Å². The molecule has 100 valence electrons. The molecule has 0 unspecified atom stereocenters. The van der Waals surface area contributed by atoms with Crippen LogP contribution in [0.25, 0.3) is 0 Å². The van der Waals surface area contributed by atoms with Crippen molar-refractivity contribution in [1.82, 2.24) is 15.3 Å². The normalized spacial score (nSPS) is 15.1. The molecule has 1 heterocycles. The van der Waals surface area contributed by atoms with Crippen molar-refractivity contribution in [3.63, 3.8) is 0 Å². The predicted molar refractivity (Wildman–Crippen MR) is 71.8 cm³/mol. The summed E-state index contributed by atoms with van der Waals surface area (Å²) in [4.78, 5) is 9.00. The van der Waals surface area contributed by atoms with Crippen LogP contribution in [0.5, 0.6) is 5.75 Å². The monoisotopic (exact) mass is 249 g/mol. The van der Waals surface area contributed by atoms with Crippen LogP contribution in [-0.2, 0) is 6.54 Å². The van der Waals surface area contributed by atoms with Crippen molar-refractivity contribution in [3.05, 3.63) is 17.7 Å². The molecule has 1 saturated carbocycles. The number of aromatic nitrogens is 2.